The Labute approximate surface area is 364 Å². The molecule has 14 nitrogen and oxygen atoms in total. The number of fused-ring (bicyclic) bond motifs is 1. The first-order valence-corrected chi connectivity index (χ1v) is 24.7. The average Bonchev–Trinajstić information content (AvgIpc) is 3.47. The summed E-state index contributed by atoms with van der Waals surface area (Å²) in [5.41, 5.74) is -0.331. The largest absolute Gasteiger partial charge is 0.755 e. The summed E-state index contributed by atoms with van der Waals surface area (Å²) in [5, 5.41) is 5.66. The summed E-state index contributed by atoms with van der Waals surface area (Å²) in [6.07, 6.45) is 1.19. The summed E-state index contributed by atoms with van der Waals surface area (Å²) in [7, 11) is -2.39. The molecule has 1 aliphatic rings. The van der Waals surface area contributed by atoms with E-state index in [0.717, 1.165) is 52.8 Å². The Balaban J connectivity index is 1.70. The fourth-order valence-corrected chi connectivity index (χ4v) is 10.4. The van der Waals surface area contributed by atoms with Crippen molar-refractivity contribution in [3.63, 3.8) is 0 Å². The van der Waals surface area contributed by atoms with Gasteiger partial charge in [-0.25, -0.2) is 9.59 Å². The third kappa shape index (κ3) is 13.4. The summed E-state index contributed by atoms with van der Waals surface area (Å²) < 4.78 is 57.7. The molecule has 4 rings (SSSR count). The van der Waals surface area contributed by atoms with Crippen molar-refractivity contribution in [2.24, 2.45) is 0 Å². The Kier molecular flexibility index (Phi) is 16.3. The van der Waals surface area contributed by atoms with Crippen LogP contribution in [-0.4, -0.2) is 93.0 Å². The van der Waals surface area contributed by atoms with Crippen LogP contribution in [0, 0.1) is 0 Å². The number of aromatic nitrogens is 2. The van der Waals surface area contributed by atoms with E-state index in [9.17, 15) is 23.1 Å². The number of ether oxygens (including phenoxy) is 4. The molecule has 1 amide bonds. The quantitative estimate of drug-likeness (QED) is 0.0549. The molecule has 0 radical (unpaired) electrons. The van der Waals surface area contributed by atoms with Gasteiger partial charge in [0.2, 0.25) is 0 Å². The molecule has 1 saturated carbocycles. The highest BCUT2D eigenvalue weighted by Crippen LogP contribution is 2.40. The highest BCUT2D eigenvalue weighted by Gasteiger charge is 2.36. The van der Waals surface area contributed by atoms with Crippen molar-refractivity contribution in [1.82, 2.24) is 14.7 Å². The maximum Gasteiger partial charge on any atom is 0.435 e. The maximum absolute atomic E-state index is 14.0. The fourth-order valence-electron chi connectivity index (χ4n) is 6.84. The zero-order chi connectivity index (χ0) is 44.8. The molecule has 0 bridgehead atoms. The summed E-state index contributed by atoms with van der Waals surface area (Å²) >= 11 is 3.72. The van der Waals surface area contributed by atoms with Crippen LogP contribution in [0.3, 0.4) is 0 Å². The third-order valence-electron chi connectivity index (χ3n) is 10.2. The molecule has 3 aromatic rings. The Morgan fingerprint density at radius 3 is 2.07 bits per heavy atom. The van der Waals surface area contributed by atoms with E-state index in [0.29, 0.717) is 16.8 Å². The molecule has 2 atom stereocenters. The molecule has 2 unspecified atom stereocenters. The number of amides is 1. The van der Waals surface area contributed by atoms with Gasteiger partial charge in [0, 0.05) is 28.6 Å². The van der Waals surface area contributed by atoms with Crippen LogP contribution in [0.2, 0.25) is 23.2 Å². The van der Waals surface area contributed by atoms with Gasteiger partial charge in [0.25, 0.3) is 0 Å². The molecule has 1 fully saturated rings. The van der Waals surface area contributed by atoms with E-state index in [2.05, 4.69) is 20.8 Å². The molecule has 1 heterocycles. The minimum atomic E-state index is -2.89. The average molecular weight is 893 g/mol. The number of benzene rings is 2. The van der Waals surface area contributed by atoms with Crippen LogP contribution in [0.4, 0.5) is 15.3 Å². The lowest BCUT2D eigenvalue weighted by Crippen LogP contribution is -2.45. The molecule has 0 N–H and O–H groups in total. The number of carbonyl (C=O) groups excluding carboxylic acids is 3. The smallest absolute Gasteiger partial charge is 0.435 e. The fraction of sp³-hybridized carbons (Fsp3) is 0.628. The van der Waals surface area contributed by atoms with Crippen LogP contribution in [0.15, 0.2) is 36.4 Å². The number of rotatable bonds is 17. The van der Waals surface area contributed by atoms with Gasteiger partial charge in [0.1, 0.15) is 35.7 Å². The number of nitrogens with zero attached hydrogens (tertiary/aromatic N) is 4. The predicted octanol–water partition coefficient (Wildman–Crippen LogP) is 10.1. The highest BCUT2D eigenvalue weighted by molar-refractivity contribution is 7.80. The lowest BCUT2D eigenvalue weighted by molar-refractivity contribution is -0.152. The number of halogens is 1. The van der Waals surface area contributed by atoms with Gasteiger partial charge in [-0.1, -0.05) is 44.9 Å². The third-order valence-corrected chi connectivity index (χ3v) is 15.9. The van der Waals surface area contributed by atoms with Gasteiger partial charge in [0.15, 0.2) is 8.32 Å². The Morgan fingerprint density at radius 2 is 1.53 bits per heavy atom. The molecule has 60 heavy (non-hydrogen) atoms. The zero-order valence-electron chi connectivity index (χ0n) is 37.3. The molecule has 334 valence electrons. The van der Waals surface area contributed by atoms with Crippen LogP contribution in [0.25, 0.3) is 10.9 Å². The lowest BCUT2D eigenvalue weighted by atomic mass is 9.82. The molecule has 2 aromatic carbocycles. The van der Waals surface area contributed by atoms with Crippen LogP contribution in [0.5, 0.6) is 5.75 Å². The van der Waals surface area contributed by atoms with Gasteiger partial charge in [0.05, 0.1) is 41.1 Å². The second-order valence-corrected chi connectivity index (χ2v) is 24.3. The normalized spacial score (nSPS) is 14.9. The monoisotopic (exact) mass is 891 g/mol. The van der Waals surface area contributed by atoms with Gasteiger partial charge in [-0.15, -0.1) is 0 Å². The number of carbonyl (C=O) groups is 3. The van der Waals surface area contributed by atoms with Crippen LogP contribution in [0.1, 0.15) is 126 Å². The number of hydrogen-bond acceptors (Lipinski definition) is 11. The van der Waals surface area contributed by atoms with E-state index >= 15 is 0 Å². The first-order chi connectivity index (χ1) is 27.9. The minimum absolute atomic E-state index is 0.0236. The van der Waals surface area contributed by atoms with Crippen molar-refractivity contribution < 1.29 is 46.5 Å². The second kappa shape index (κ2) is 20.0. The van der Waals surface area contributed by atoms with E-state index in [1.807, 2.05) is 12.1 Å². The summed E-state index contributed by atoms with van der Waals surface area (Å²) in [6, 6.07) is 12.8. The van der Waals surface area contributed by atoms with Crippen molar-refractivity contribution in [3.8, 4) is 5.75 Å². The Morgan fingerprint density at radius 1 is 0.917 bits per heavy atom. The highest BCUT2D eigenvalue weighted by atomic mass is 35.5. The van der Waals surface area contributed by atoms with Crippen molar-refractivity contribution >= 4 is 65.9 Å². The zero-order valence-corrected chi connectivity index (χ0v) is 39.9. The summed E-state index contributed by atoms with van der Waals surface area (Å²) in [6.45, 7) is 21.7. The second-order valence-electron chi connectivity index (χ2n) is 18.3. The van der Waals surface area contributed by atoms with Gasteiger partial charge < -0.3 is 32.8 Å². The van der Waals surface area contributed by atoms with Crippen molar-refractivity contribution in [2.75, 3.05) is 30.5 Å². The van der Waals surface area contributed by atoms with E-state index in [1.54, 1.807) is 86.6 Å². The van der Waals surface area contributed by atoms with Gasteiger partial charge >= 0.3 is 18.2 Å². The maximum atomic E-state index is 14.0. The SMILES string of the molecule is CC[Si](CC)(CC)OC(CN(CCOc1ccc2c(C3CCC3)nn(C(=O)OC(C)(C)C)c2c1)C(=O)OC(C)(C)C)c1ccc(Cl)c(N(CC(=O)OC(C)(C)C)S(=O)[O-])c1. The van der Waals surface area contributed by atoms with E-state index in [4.69, 9.17) is 40.1 Å². The Bertz CT molecular complexity index is 1990. The molecular weight excluding hydrogens is 828 g/mol. The van der Waals surface area contributed by atoms with Crippen molar-refractivity contribution in [3.05, 3.63) is 52.7 Å². The lowest BCUT2D eigenvalue weighted by Gasteiger charge is -2.37. The van der Waals surface area contributed by atoms with Crippen LogP contribution >= 0.6 is 11.6 Å². The molecule has 0 spiro atoms. The predicted molar refractivity (Wildman–Crippen MR) is 236 cm³/mol. The topological polar surface area (TPSA) is 162 Å². The standard InChI is InChI=1S/C43H65ClN4O10SSi/c1-13-60(14-2,15-3)58-36(30-19-22-33(44)35(25-30)47(59(52)53)28-37(49)55-41(4,5)6)27-46(39(50)56-42(7,8)9)23-24-54-31-20-21-32-34(26-31)48(40(51)57-43(10,11)12)45-38(32)29-17-16-18-29/h19-22,25-26,29,36H,13-18,23-24,27-28H2,1-12H3,(H,52,53)/p-1. The van der Waals surface area contributed by atoms with E-state index in [-0.39, 0.29) is 36.3 Å². The number of anilines is 1. The number of hydrogen-bond donors (Lipinski definition) is 0. The van der Waals surface area contributed by atoms with Crippen molar-refractivity contribution in [2.45, 2.75) is 149 Å². The van der Waals surface area contributed by atoms with Gasteiger partial charge in [-0.2, -0.15) is 9.78 Å². The molecule has 0 aliphatic heterocycles. The first-order valence-electron chi connectivity index (χ1n) is 20.8. The Hall–Kier alpha value is -3.70. The molecular formula is C43H64ClN4O10SSi-. The van der Waals surface area contributed by atoms with Crippen LogP contribution in [-0.2, 0) is 34.7 Å². The van der Waals surface area contributed by atoms with E-state index < -0.39 is 67.2 Å². The van der Waals surface area contributed by atoms with E-state index in [1.165, 1.54) is 9.58 Å². The first kappa shape index (κ1) is 49.0. The summed E-state index contributed by atoms with van der Waals surface area (Å²) in [4.78, 5) is 41.7. The molecule has 1 aliphatic carbocycles. The van der Waals surface area contributed by atoms with Gasteiger partial charge in [-0.05, 0) is 123 Å². The number of esters is 1. The molecule has 1 aromatic heterocycles. The summed E-state index contributed by atoms with van der Waals surface area (Å²) in [5.74, 6) is -0.0157. The molecule has 0 saturated heterocycles. The minimum Gasteiger partial charge on any atom is -0.755 e. The van der Waals surface area contributed by atoms with Crippen LogP contribution < -0.4 is 9.04 Å². The van der Waals surface area contributed by atoms with Gasteiger partial charge in [-0.3, -0.25) is 13.3 Å². The van der Waals surface area contributed by atoms with Crippen molar-refractivity contribution in [1.29, 1.82) is 0 Å². The molecule has 17 heteroatoms.